The van der Waals surface area contributed by atoms with Crippen molar-refractivity contribution in [3.63, 3.8) is 0 Å². The molecule has 166 valence electrons. The average molecular weight is 429 g/mol. The number of fused-ring (bicyclic) bond motifs is 1. The van der Waals surface area contributed by atoms with E-state index in [-0.39, 0.29) is 40.3 Å². The number of methoxy groups -OCH3 is 1. The van der Waals surface area contributed by atoms with Crippen molar-refractivity contribution in [2.45, 2.75) is 50.6 Å². The van der Waals surface area contributed by atoms with Gasteiger partial charge >= 0.3 is 5.97 Å². The number of nitrogens with zero attached hydrogens (tertiary/aromatic N) is 1. The van der Waals surface area contributed by atoms with Gasteiger partial charge in [0.2, 0.25) is 5.43 Å². The van der Waals surface area contributed by atoms with Crippen LogP contribution in [0.2, 0.25) is 0 Å². The van der Waals surface area contributed by atoms with Gasteiger partial charge in [-0.15, -0.1) is 0 Å². The molecule has 0 amide bonds. The number of rotatable bonds is 5. The fraction of sp³-hybridized carbons (Fsp3) is 0.565. The van der Waals surface area contributed by atoms with Crippen LogP contribution in [0.3, 0.4) is 0 Å². The molecule has 1 aromatic carbocycles. The molecule has 2 heterocycles. The summed E-state index contributed by atoms with van der Waals surface area (Å²) in [7, 11) is 1.49. The maximum Gasteiger partial charge on any atom is 0.341 e. The molecule has 4 atom stereocenters. The van der Waals surface area contributed by atoms with Gasteiger partial charge in [-0.2, -0.15) is 0 Å². The Morgan fingerprint density at radius 2 is 2.19 bits per heavy atom. The quantitative estimate of drug-likeness (QED) is 0.675. The number of ether oxygens (including phenoxy) is 1. The second-order valence-electron chi connectivity index (χ2n) is 9.32. The van der Waals surface area contributed by atoms with E-state index in [0.717, 1.165) is 38.8 Å². The molecule has 3 unspecified atom stereocenters. The molecule has 31 heavy (non-hydrogen) atoms. The number of carbonyl (C=O) groups is 1. The number of nitrogens with two attached hydrogens (primary N) is 1. The van der Waals surface area contributed by atoms with Crippen molar-refractivity contribution >= 4 is 16.9 Å². The van der Waals surface area contributed by atoms with Crippen molar-refractivity contribution in [2.75, 3.05) is 20.2 Å². The lowest BCUT2D eigenvalue weighted by atomic mass is 9.76. The third-order valence-electron chi connectivity index (χ3n) is 7.63. The van der Waals surface area contributed by atoms with Crippen molar-refractivity contribution in [1.82, 2.24) is 9.88 Å². The topological polar surface area (TPSA) is 107 Å². The minimum Gasteiger partial charge on any atom is -0.494 e. The predicted octanol–water partition coefficient (Wildman–Crippen LogP) is 2.61. The second kappa shape index (κ2) is 7.03. The number of hydrogen-bond donors (Lipinski definition) is 3. The van der Waals surface area contributed by atoms with Crippen molar-refractivity contribution in [3.05, 3.63) is 39.4 Å². The summed E-state index contributed by atoms with van der Waals surface area (Å²) in [6.07, 6.45) is 4.90. The molecular formula is C23H28FN3O4. The summed E-state index contributed by atoms with van der Waals surface area (Å²) in [6.45, 7) is 3.65. The summed E-state index contributed by atoms with van der Waals surface area (Å²) in [4.78, 5) is 24.5. The molecule has 1 spiro atoms. The number of nitrogens with one attached hydrogen (secondary N) is 1. The van der Waals surface area contributed by atoms with E-state index < -0.39 is 17.2 Å². The largest absolute Gasteiger partial charge is 0.494 e. The Morgan fingerprint density at radius 3 is 2.81 bits per heavy atom. The first-order valence-electron chi connectivity index (χ1n) is 11.0. The number of carboxylic acids is 1. The van der Waals surface area contributed by atoms with E-state index in [1.165, 1.54) is 19.4 Å². The molecule has 1 aromatic heterocycles. The summed E-state index contributed by atoms with van der Waals surface area (Å²) in [5, 5.41) is 13.0. The standard InChI is InChI=1S/C23H28FN3O4/c1-3-14-17(25)8-26-10-23(14)7-15(23)18-16(24)6-12-19(21(18)31-2)27(11-4-5-11)9-13(20(12)28)22(29)30/h6,9,11,14-15,17,26H,3-5,7-8,10,25H2,1-2H3,(H,29,30)/t14-,15?,17?,23?/m1/s1. The number of carboxylic acid groups (broad SMARTS) is 1. The van der Waals surface area contributed by atoms with Gasteiger partial charge < -0.3 is 25.5 Å². The Hall–Kier alpha value is -2.45. The lowest BCUT2D eigenvalue weighted by Gasteiger charge is -2.38. The lowest BCUT2D eigenvalue weighted by molar-refractivity contribution is 0.0695. The van der Waals surface area contributed by atoms with Gasteiger partial charge in [0.05, 0.1) is 18.0 Å². The van der Waals surface area contributed by atoms with Crippen LogP contribution in [-0.2, 0) is 0 Å². The molecule has 3 fully saturated rings. The zero-order chi connectivity index (χ0) is 22.1. The molecule has 8 heteroatoms. The van der Waals surface area contributed by atoms with E-state index >= 15 is 4.39 Å². The van der Waals surface area contributed by atoms with Crippen LogP contribution in [0.1, 0.15) is 60.5 Å². The third kappa shape index (κ3) is 2.91. The van der Waals surface area contributed by atoms with Gasteiger partial charge in [0.15, 0.2) is 0 Å². The lowest BCUT2D eigenvalue weighted by Crippen LogP contribution is -2.52. The summed E-state index contributed by atoms with van der Waals surface area (Å²) in [5.41, 5.74) is 6.23. The molecule has 2 aromatic rings. The van der Waals surface area contributed by atoms with Crippen molar-refractivity contribution in [1.29, 1.82) is 0 Å². The molecule has 2 aliphatic carbocycles. The van der Waals surface area contributed by atoms with Crippen LogP contribution in [0.5, 0.6) is 5.75 Å². The van der Waals surface area contributed by atoms with E-state index in [2.05, 4.69) is 12.2 Å². The average Bonchev–Trinajstić information content (AvgIpc) is 3.65. The van der Waals surface area contributed by atoms with E-state index in [0.29, 0.717) is 16.8 Å². The van der Waals surface area contributed by atoms with Gasteiger partial charge in [0.1, 0.15) is 17.1 Å². The number of hydrogen-bond acceptors (Lipinski definition) is 5. The minimum absolute atomic E-state index is 0.0148. The SMILES string of the molecule is CC[C@@H]1C(N)CNCC12CC2c1c(F)cc2c(=O)c(C(=O)O)cn(C3CC3)c2c1OC. The Labute approximate surface area is 179 Å². The van der Waals surface area contributed by atoms with Crippen molar-refractivity contribution in [2.24, 2.45) is 17.1 Å². The first-order chi connectivity index (χ1) is 14.8. The molecule has 0 bridgehead atoms. The Bertz CT molecular complexity index is 1140. The number of aromatic carboxylic acids is 1. The van der Waals surface area contributed by atoms with Crippen LogP contribution in [0.25, 0.3) is 10.9 Å². The van der Waals surface area contributed by atoms with Crippen LogP contribution >= 0.6 is 0 Å². The molecule has 5 rings (SSSR count). The summed E-state index contributed by atoms with van der Waals surface area (Å²) >= 11 is 0. The maximum atomic E-state index is 15.6. The second-order valence-corrected chi connectivity index (χ2v) is 9.32. The highest BCUT2D eigenvalue weighted by Gasteiger charge is 2.62. The van der Waals surface area contributed by atoms with E-state index in [9.17, 15) is 14.7 Å². The van der Waals surface area contributed by atoms with Crippen LogP contribution in [-0.4, -0.2) is 41.9 Å². The summed E-state index contributed by atoms with van der Waals surface area (Å²) in [5.74, 6) is -1.25. The van der Waals surface area contributed by atoms with Crippen LogP contribution in [0.4, 0.5) is 4.39 Å². The van der Waals surface area contributed by atoms with Gasteiger partial charge in [0, 0.05) is 36.9 Å². The van der Waals surface area contributed by atoms with E-state index in [1.807, 2.05) is 0 Å². The van der Waals surface area contributed by atoms with Gasteiger partial charge in [-0.05, 0) is 42.6 Å². The zero-order valence-corrected chi connectivity index (χ0v) is 17.8. The normalized spacial score (nSPS) is 30.0. The number of piperidine rings is 1. The first kappa shape index (κ1) is 20.5. The molecule has 1 saturated heterocycles. The predicted molar refractivity (Wildman–Crippen MR) is 114 cm³/mol. The highest BCUT2D eigenvalue weighted by molar-refractivity contribution is 5.95. The van der Waals surface area contributed by atoms with E-state index in [4.69, 9.17) is 10.5 Å². The van der Waals surface area contributed by atoms with E-state index in [1.54, 1.807) is 4.57 Å². The Morgan fingerprint density at radius 1 is 1.45 bits per heavy atom. The number of pyridine rings is 1. The van der Waals surface area contributed by atoms with Gasteiger partial charge in [-0.25, -0.2) is 9.18 Å². The Balaban J connectivity index is 1.73. The highest BCUT2D eigenvalue weighted by atomic mass is 19.1. The molecule has 1 aliphatic heterocycles. The number of halogens is 1. The number of benzene rings is 1. The zero-order valence-electron chi connectivity index (χ0n) is 17.8. The van der Waals surface area contributed by atoms with Crippen LogP contribution in [0, 0.1) is 17.2 Å². The maximum absolute atomic E-state index is 15.6. The van der Waals surface area contributed by atoms with Crippen LogP contribution in [0.15, 0.2) is 17.1 Å². The van der Waals surface area contributed by atoms with Crippen LogP contribution < -0.4 is 21.2 Å². The highest BCUT2D eigenvalue weighted by Crippen LogP contribution is 2.67. The third-order valence-corrected chi connectivity index (χ3v) is 7.63. The summed E-state index contributed by atoms with van der Waals surface area (Å²) < 4.78 is 23.1. The molecule has 0 radical (unpaired) electrons. The van der Waals surface area contributed by atoms with Crippen molar-refractivity contribution < 1.29 is 19.0 Å². The summed E-state index contributed by atoms with van der Waals surface area (Å²) in [6, 6.07) is 1.32. The Kier molecular flexibility index (Phi) is 4.64. The fourth-order valence-corrected chi connectivity index (χ4v) is 5.99. The molecule has 7 nitrogen and oxygen atoms in total. The molecule has 2 saturated carbocycles. The number of aromatic nitrogens is 1. The molecular weight excluding hydrogens is 401 g/mol. The van der Waals surface area contributed by atoms with Gasteiger partial charge in [-0.3, -0.25) is 4.79 Å². The fourth-order valence-electron chi connectivity index (χ4n) is 5.99. The monoisotopic (exact) mass is 429 g/mol. The molecule has 3 aliphatic rings. The smallest absolute Gasteiger partial charge is 0.341 e. The van der Waals surface area contributed by atoms with Gasteiger partial charge in [0.25, 0.3) is 0 Å². The molecule has 4 N–H and O–H groups in total. The van der Waals surface area contributed by atoms with Crippen molar-refractivity contribution in [3.8, 4) is 5.75 Å². The van der Waals surface area contributed by atoms with Gasteiger partial charge in [-0.1, -0.05) is 13.3 Å². The first-order valence-corrected chi connectivity index (χ1v) is 11.0. The minimum atomic E-state index is -1.31.